The predicted octanol–water partition coefficient (Wildman–Crippen LogP) is 0.0587. The maximum atomic E-state index is 12.4. The van der Waals surface area contributed by atoms with Gasteiger partial charge in [0.05, 0.1) is 6.61 Å². The highest BCUT2D eigenvalue weighted by molar-refractivity contribution is 5.90. The van der Waals surface area contributed by atoms with Crippen molar-refractivity contribution in [3.63, 3.8) is 0 Å². The van der Waals surface area contributed by atoms with E-state index in [4.69, 9.17) is 4.74 Å². The lowest BCUT2D eigenvalue weighted by atomic mass is 9.85. The summed E-state index contributed by atoms with van der Waals surface area (Å²) in [4.78, 5) is 32.4. The van der Waals surface area contributed by atoms with Crippen LogP contribution in [-0.4, -0.2) is 75.3 Å². The molecule has 0 saturated carbocycles. The second-order valence-corrected chi connectivity index (χ2v) is 6.30. The SMILES string of the molecule is COCCN1C(=O)CCC12CCN(C(=O)c1ncn(C)n1)CC2. The van der Waals surface area contributed by atoms with E-state index in [1.165, 1.54) is 11.0 Å². The van der Waals surface area contributed by atoms with Crippen LogP contribution in [-0.2, 0) is 16.6 Å². The van der Waals surface area contributed by atoms with E-state index in [1.807, 2.05) is 4.90 Å². The fraction of sp³-hybridized carbons (Fsp3) is 0.733. The molecule has 1 aromatic rings. The number of hydrogen-bond acceptors (Lipinski definition) is 5. The molecule has 0 bridgehead atoms. The number of nitrogens with zero attached hydrogens (tertiary/aromatic N) is 5. The van der Waals surface area contributed by atoms with Crippen molar-refractivity contribution in [1.29, 1.82) is 0 Å². The molecule has 3 rings (SSSR count). The van der Waals surface area contributed by atoms with Crippen molar-refractivity contribution in [3.05, 3.63) is 12.2 Å². The smallest absolute Gasteiger partial charge is 0.293 e. The molecule has 2 amide bonds. The first kappa shape index (κ1) is 15.9. The molecule has 0 N–H and O–H groups in total. The number of hydrogen-bond donors (Lipinski definition) is 0. The lowest BCUT2D eigenvalue weighted by Gasteiger charge is -2.44. The average Bonchev–Trinajstić information content (AvgIpc) is 3.11. The normalized spacial score (nSPS) is 20.5. The first-order valence-electron chi connectivity index (χ1n) is 8.00. The summed E-state index contributed by atoms with van der Waals surface area (Å²) >= 11 is 0. The van der Waals surface area contributed by atoms with Gasteiger partial charge in [-0.2, -0.15) is 0 Å². The molecule has 0 unspecified atom stereocenters. The molecule has 0 radical (unpaired) electrons. The minimum Gasteiger partial charge on any atom is -0.383 e. The van der Waals surface area contributed by atoms with E-state index in [9.17, 15) is 9.59 Å². The van der Waals surface area contributed by atoms with Gasteiger partial charge in [0.2, 0.25) is 11.7 Å². The molecule has 1 aromatic heterocycles. The molecule has 2 aliphatic heterocycles. The summed E-state index contributed by atoms with van der Waals surface area (Å²) in [7, 11) is 3.39. The molecule has 23 heavy (non-hydrogen) atoms. The Bertz CT molecular complexity index is 592. The molecule has 2 saturated heterocycles. The Morgan fingerprint density at radius 1 is 1.35 bits per heavy atom. The Morgan fingerprint density at radius 3 is 2.70 bits per heavy atom. The van der Waals surface area contributed by atoms with Gasteiger partial charge in [-0.15, -0.1) is 5.10 Å². The van der Waals surface area contributed by atoms with Gasteiger partial charge >= 0.3 is 0 Å². The first-order chi connectivity index (χ1) is 11.1. The van der Waals surface area contributed by atoms with Crippen LogP contribution in [0.2, 0.25) is 0 Å². The van der Waals surface area contributed by atoms with E-state index >= 15 is 0 Å². The highest BCUT2D eigenvalue weighted by Gasteiger charge is 2.47. The molecule has 0 atom stereocenters. The van der Waals surface area contributed by atoms with Gasteiger partial charge in [0.1, 0.15) is 6.33 Å². The molecule has 0 aromatic carbocycles. The number of amides is 2. The minimum atomic E-state index is -0.131. The van der Waals surface area contributed by atoms with Gasteiger partial charge in [-0.05, 0) is 19.3 Å². The maximum Gasteiger partial charge on any atom is 0.293 e. The number of ether oxygens (including phenoxy) is 1. The lowest BCUT2D eigenvalue weighted by Crippen LogP contribution is -2.55. The molecular formula is C15H23N5O3. The standard InChI is InChI=1S/C15H23N5O3/c1-18-11-16-13(17-18)14(22)19-7-5-15(6-8-19)4-3-12(21)20(15)9-10-23-2/h11H,3-10H2,1-2H3. The Labute approximate surface area is 135 Å². The van der Waals surface area contributed by atoms with Gasteiger partial charge in [0, 0.05) is 45.8 Å². The van der Waals surface area contributed by atoms with E-state index in [0.29, 0.717) is 32.7 Å². The summed E-state index contributed by atoms with van der Waals surface area (Å²) in [5.41, 5.74) is -0.107. The number of methoxy groups -OCH3 is 1. The number of aryl methyl sites for hydroxylation is 1. The Balaban J connectivity index is 1.65. The monoisotopic (exact) mass is 321 g/mol. The van der Waals surface area contributed by atoms with Crippen molar-refractivity contribution in [2.24, 2.45) is 7.05 Å². The fourth-order valence-corrected chi connectivity index (χ4v) is 3.64. The minimum absolute atomic E-state index is 0.107. The number of carbonyl (C=O) groups is 2. The van der Waals surface area contributed by atoms with Crippen LogP contribution < -0.4 is 0 Å². The quantitative estimate of drug-likeness (QED) is 0.783. The number of likely N-dealkylation sites (tertiary alicyclic amines) is 2. The van der Waals surface area contributed by atoms with Gasteiger partial charge < -0.3 is 14.5 Å². The maximum absolute atomic E-state index is 12.4. The van der Waals surface area contributed by atoms with Gasteiger partial charge in [0.15, 0.2) is 0 Å². The first-order valence-corrected chi connectivity index (χ1v) is 8.00. The van der Waals surface area contributed by atoms with Crippen LogP contribution in [0.3, 0.4) is 0 Å². The van der Waals surface area contributed by atoms with E-state index < -0.39 is 0 Å². The number of carbonyl (C=O) groups excluding carboxylic acids is 2. The topological polar surface area (TPSA) is 80.6 Å². The highest BCUT2D eigenvalue weighted by Crippen LogP contribution is 2.39. The Kier molecular flexibility index (Phi) is 4.34. The van der Waals surface area contributed by atoms with Crippen LogP contribution in [0.5, 0.6) is 0 Å². The number of aromatic nitrogens is 3. The van der Waals surface area contributed by atoms with Crippen LogP contribution >= 0.6 is 0 Å². The molecule has 2 fully saturated rings. The lowest BCUT2D eigenvalue weighted by molar-refractivity contribution is -0.133. The summed E-state index contributed by atoms with van der Waals surface area (Å²) in [6.07, 6.45) is 4.61. The molecule has 8 nitrogen and oxygen atoms in total. The van der Waals surface area contributed by atoms with E-state index in [2.05, 4.69) is 10.1 Å². The zero-order chi connectivity index (χ0) is 16.4. The van der Waals surface area contributed by atoms with Crippen molar-refractivity contribution >= 4 is 11.8 Å². The van der Waals surface area contributed by atoms with Gasteiger partial charge in [-0.1, -0.05) is 0 Å². The molecule has 126 valence electrons. The number of rotatable bonds is 4. The Morgan fingerprint density at radius 2 is 2.09 bits per heavy atom. The van der Waals surface area contributed by atoms with Gasteiger partial charge in [0.25, 0.3) is 5.91 Å². The summed E-state index contributed by atoms with van der Waals surface area (Å²) in [6.45, 7) is 2.45. The summed E-state index contributed by atoms with van der Waals surface area (Å²) in [5, 5.41) is 4.08. The zero-order valence-corrected chi connectivity index (χ0v) is 13.7. The number of piperidine rings is 1. The fourth-order valence-electron chi connectivity index (χ4n) is 3.64. The van der Waals surface area contributed by atoms with Crippen molar-refractivity contribution in [3.8, 4) is 0 Å². The van der Waals surface area contributed by atoms with E-state index in [-0.39, 0.29) is 23.2 Å². The van der Waals surface area contributed by atoms with Crippen LogP contribution in [0.1, 0.15) is 36.3 Å². The molecule has 1 spiro atoms. The summed E-state index contributed by atoms with van der Waals surface area (Å²) in [5.74, 6) is 0.309. The molecule has 2 aliphatic rings. The van der Waals surface area contributed by atoms with Crippen molar-refractivity contribution in [1.82, 2.24) is 24.6 Å². The van der Waals surface area contributed by atoms with Crippen LogP contribution in [0.4, 0.5) is 0 Å². The van der Waals surface area contributed by atoms with Gasteiger partial charge in [-0.3, -0.25) is 14.3 Å². The third kappa shape index (κ3) is 2.95. The van der Waals surface area contributed by atoms with E-state index in [1.54, 1.807) is 19.1 Å². The molecule has 3 heterocycles. The summed E-state index contributed by atoms with van der Waals surface area (Å²) in [6, 6.07) is 0. The molecular weight excluding hydrogens is 298 g/mol. The van der Waals surface area contributed by atoms with Crippen molar-refractivity contribution in [2.45, 2.75) is 31.2 Å². The van der Waals surface area contributed by atoms with Crippen molar-refractivity contribution in [2.75, 3.05) is 33.4 Å². The highest BCUT2D eigenvalue weighted by atomic mass is 16.5. The largest absolute Gasteiger partial charge is 0.383 e. The molecule has 8 heteroatoms. The van der Waals surface area contributed by atoms with Crippen molar-refractivity contribution < 1.29 is 14.3 Å². The van der Waals surface area contributed by atoms with Gasteiger partial charge in [-0.25, -0.2) is 4.98 Å². The summed E-state index contributed by atoms with van der Waals surface area (Å²) < 4.78 is 6.66. The zero-order valence-electron chi connectivity index (χ0n) is 13.7. The second kappa shape index (κ2) is 6.27. The average molecular weight is 321 g/mol. The second-order valence-electron chi connectivity index (χ2n) is 6.30. The third-order valence-corrected chi connectivity index (χ3v) is 4.97. The van der Waals surface area contributed by atoms with E-state index in [0.717, 1.165) is 19.3 Å². The Hall–Kier alpha value is -1.96. The van der Waals surface area contributed by atoms with Crippen LogP contribution in [0.25, 0.3) is 0 Å². The molecule has 0 aliphatic carbocycles. The van der Waals surface area contributed by atoms with Crippen LogP contribution in [0.15, 0.2) is 6.33 Å². The van der Waals surface area contributed by atoms with Crippen LogP contribution in [0, 0.1) is 0 Å². The third-order valence-electron chi connectivity index (χ3n) is 4.97. The predicted molar refractivity (Wildman–Crippen MR) is 81.7 cm³/mol.